The van der Waals surface area contributed by atoms with Crippen molar-refractivity contribution >= 4 is 40.6 Å². The Morgan fingerprint density at radius 3 is 2.25 bits per heavy atom. The fourth-order valence-corrected chi connectivity index (χ4v) is 4.22. The largest absolute Gasteiger partial charge is 0.332 e. The molecule has 9 heteroatoms. The van der Waals surface area contributed by atoms with Gasteiger partial charge in [-0.25, -0.2) is 18.5 Å². The quantitative estimate of drug-likeness (QED) is 0.536. The van der Waals surface area contributed by atoms with E-state index < -0.39 is 35.5 Å². The van der Waals surface area contributed by atoms with Crippen LogP contribution in [-0.2, 0) is 16.0 Å². The molecule has 1 aliphatic heterocycles. The van der Waals surface area contributed by atoms with E-state index in [2.05, 4.69) is 5.32 Å². The van der Waals surface area contributed by atoms with Gasteiger partial charge >= 0.3 is 6.03 Å². The molecule has 0 aliphatic carbocycles. The van der Waals surface area contributed by atoms with Crippen molar-refractivity contribution in [3.63, 3.8) is 0 Å². The summed E-state index contributed by atoms with van der Waals surface area (Å²) in [5, 5.41) is 4.54. The summed E-state index contributed by atoms with van der Waals surface area (Å²) < 4.78 is 26.4. The Hall–Kier alpha value is -3.59. The summed E-state index contributed by atoms with van der Waals surface area (Å²) in [7, 11) is 0. The maximum atomic E-state index is 13.3. The van der Waals surface area contributed by atoms with Gasteiger partial charge in [-0.2, -0.15) is 0 Å². The molecule has 2 heterocycles. The van der Waals surface area contributed by atoms with Gasteiger partial charge in [-0.3, -0.25) is 9.59 Å². The fraction of sp³-hybridized carbons (Fsp3) is 0.174. The zero-order valence-corrected chi connectivity index (χ0v) is 17.6. The Balaban J connectivity index is 1.54. The van der Waals surface area contributed by atoms with Crippen LogP contribution in [-0.4, -0.2) is 35.3 Å². The molecule has 164 valence electrons. The lowest BCUT2D eigenvalue weighted by Crippen LogP contribution is -2.39. The van der Waals surface area contributed by atoms with E-state index in [0.29, 0.717) is 12.1 Å². The number of anilines is 2. The molecule has 1 atom stereocenters. The highest BCUT2D eigenvalue weighted by atomic mass is 32.1. The Labute approximate surface area is 187 Å². The summed E-state index contributed by atoms with van der Waals surface area (Å²) in [5.41, 5.74) is 0.623. The van der Waals surface area contributed by atoms with Crippen molar-refractivity contribution in [2.45, 2.75) is 18.9 Å². The number of carbonyl (C=O) groups excluding carboxylic acids is 3. The van der Waals surface area contributed by atoms with Crippen molar-refractivity contribution in [1.29, 1.82) is 0 Å². The van der Waals surface area contributed by atoms with Crippen molar-refractivity contribution in [3.8, 4) is 0 Å². The van der Waals surface area contributed by atoms with Gasteiger partial charge in [0.15, 0.2) is 0 Å². The average Bonchev–Trinajstić information content (AvgIpc) is 3.36. The standard InChI is InChI=1S/C23H19F2N3O3S/c24-15-3-7-17(8-4-15)26-21(29)14-20-22(30)28(18-9-5-16(25)6-10-18)23(31)27(20)12-11-19-2-1-13-32-19/h1-10,13,20H,11-12,14H2,(H,26,29)/t20-/m0/s1. The highest BCUT2D eigenvalue weighted by Crippen LogP contribution is 2.28. The number of halogens is 2. The van der Waals surface area contributed by atoms with Gasteiger partial charge in [0.2, 0.25) is 5.91 Å². The second-order valence-corrected chi connectivity index (χ2v) is 8.26. The van der Waals surface area contributed by atoms with Crippen LogP contribution in [0.5, 0.6) is 0 Å². The van der Waals surface area contributed by atoms with Crippen LogP contribution in [0, 0.1) is 11.6 Å². The smallest absolute Gasteiger partial charge is 0.326 e. The minimum atomic E-state index is -1.01. The van der Waals surface area contributed by atoms with E-state index in [0.717, 1.165) is 9.78 Å². The number of nitrogens with one attached hydrogen (secondary N) is 1. The zero-order chi connectivity index (χ0) is 22.7. The normalized spacial score (nSPS) is 16.0. The fourth-order valence-electron chi connectivity index (χ4n) is 3.52. The van der Waals surface area contributed by atoms with Crippen LogP contribution < -0.4 is 10.2 Å². The minimum absolute atomic E-state index is 0.240. The molecule has 3 aromatic rings. The lowest BCUT2D eigenvalue weighted by atomic mass is 10.1. The number of rotatable bonds is 7. The lowest BCUT2D eigenvalue weighted by molar-refractivity contribution is -0.124. The van der Waals surface area contributed by atoms with E-state index in [1.54, 1.807) is 0 Å². The van der Waals surface area contributed by atoms with Crippen LogP contribution in [0.1, 0.15) is 11.3 Å². The van der Waals surface area contributed by atoms with Gasteiger partial charge in [0.1, 0.15) is 17.7 Å². The number of hydrogen-bond donors (Lipinski definition) is 1. The first-order chi connectivity index (χ1) is 15.4. The minimum Gasteiger partial charge on any atom is -0.326 e. The van der Waals surface area contributed by atoms with Gasteiger partial charge < -0.3 is 10.2 Å². The van der Waals surface area contributed by atoms with E-state index in [1.807, 2.05) is 17.5 Å². The Morgan fingerprint density at radius 2 is 1.62 bits per heavy atom. The summed E-state index contributed by atoms with van der Waals surface area (Å²) >= 11 is 1.54. The predicted molar refractivity (Wildman–Crippen MR) is 117 cm³/mol. The summed E-state index contributed by atoms with van der Waals surface area (Å²) in [4.78, 5) is 42.3. The highest BCUT2D eigenvalue weighted by Gasteiger charge is 2.46. The summed E-state index contributed by atoms with van der Waals surface area (Å²) in [5.74, 6) is -1.96. The van der Waals surface area contributed by atoms with Gasteiger partial charge in [-0.1, -0.05) is 6.07 Å². The van der Waals surface area contributed by atoms with Crippen LogP contribution in [0.15, 0.2) is 66.0 Å². The van der Waals surface area contributed by atoms with Crippen molar-refractivity contribution in [3.05, 3.63) is 82.6 Å². The first kappa shape index (κ1) is 21.6. The van der Waals surface area contributed by atoms with Gasteiger partial charge in [0.05, 0.1) is 12.1 Å². The Kier molecular flexibility index (Phi) is 6.27. The summed E-state index contributed by atoms with van der Waals surface area (Å²) in [6, 6.07) is 12.5. The zero-order valence-electron chi connectivity index (χ0n) is 16.8. The number of urea groups is 1. The topological polar surface area (TPSA) is 69.7 Å². The molecule has 2 aromatic carbocycles. The SMILES string of the molecule is O=C(C[C@H]1C(=O)N(c2ccc(F)cc2)C(=O)N1CCc1cccs1)Nc1ccc(F)cc1. The van der Waals surface area contributed by atoms with Crippen LogP contribution in [0.4, 0.5) is 25.0 Å². The maximum Gasteiger partial charge on any atom is 0.332 e. The van der Waals surface area contributed by atoms with Crippen molar-refractivity contribution in [1.82, 2.24) is 4.90 Å². The van der Waals surface area contributed by atoms with E-state index >= 15 is 0 Å². The van der Waals surface area contributed by atoms with E-state index in [1.165, 1.54) is 64.8 Å². The third-order valence-electron chi connectivity index (χ3n) is 5.09. The Morgan fingerprint density at radius 1 is 0.969 bits per heavy atom. The van der Waals surface area contributed by atoms with E-state index in [4.69, 9.17) is 0 Å². The van der Waals surface area contributed by atoms with Gasteiger partial charge in [0, 0.05) is 17.1 Å². The van der Waals surface area contributed by atoms with Crippen molar-refractivity contribution in [2.75, 3.05) is 16.8 Å². The van der Waals surface area contributed by atoms with Gasteiger partial charge in [-0.15, -0.1) is 11.3 Å². The molecule has 0 unspecified atom stereocenters. The van der Waals surface area contributed by atoms with Crippen LogP contribution in [0.2, 0.25) is 0 Å². The highest BCUT2D eigenvalue weighted by molar-refractivity contribution is 7.09. The molecule has 0 bridgehead atoms. The number of nitrogens with zero attached hydrogens (tertiary/aromatic N) is 2. The Bertz CT molecular complexity index is 1120. The molecule has 6 nitrogen and oxygen atoms in total. The molecule has 1 fully saturated rings. The summed E-state index contributed by atoms with van der Waals surface area (Å²) in [6.45, 7) is 0.247. The third-order valence-corrected chi connectivity index (χ3v) is 6.03. The monoisotopic (exact) mass is 455 g/mol. The molecule has 4 rings (SSSR count). The number of imide groups is 1. The van der Waals surface area contributed by atoms with Crippen molar-refractivity contribution in [2.24, 2.45) is 0 Å². The molecular weight excluding hydrogens is 436 g/mol. The van der Waals surface area contributed by atoms with E-state index in [-0.39, 0.29) is 18.7 Å². The molecule has 1 aromatic heterocycles. The molecule has 32 heavy (non-hydrogen) atoms. The second-order valence-electron chi connectivity index (χ2n) is 7.23. The first-order valence-electron chi connectivity index (χ1n) is 9.90. The van der Waals surface area contributed by atoms with Crippen LogP contribution in [0.3, 0.4) is 0 Å². The summed E-state index contributed by atoms with van der Waals surface area (Å²) in [6.07, 6.45) is 0.272. The molecule has 0 saturated carbocycles. The molecular formula is C23H19F2N3O3S. The average molecular weight is 455 g/mol. The first-order valence-corrected chi connectivity index (χ1v) is 10.8. The number of amides is 4. The number of benzene rings is 2. The van der Waals surface area contributed by atoms with Gasteiger partial charge in [-0.05, 0) is 66.4 Å². The van der Waals surface area contributed by atoms with Gasteiger partial charge in [0.25, 0.3) is 5.91 Å². The van der Waals surface area contributed by atoms with E-state index in [9.17, 15) is 23.2 Å². The number of thiophene rings is 1. The van der Waals surface area contributed by atoms with Crippen LogP contribution in [0.25, 0.3) is 0 Å². The molecule has 1 N–H and O–H groups in total. The third kappa shape index (κ3) is 4.67. The second kappa shape index (κ2) is 9.27. The number of carbonyl (C=O) groups is 3. The predicted octanol–water partition coefficient (Wildman–Crippen LogP) is 4.44. The van der Waals surface area contributed by atoms with Crippen LogP contribution >= 0.6 is 11.3 Å². The molecule has 4 amide bonds. The molecule has 1 saturated heterocycles. The lowest BCUT2D eigenvalue weighted by Gasteiger charge is -2.21. The maximum absolute atomic E-state index is 13.3. The van der Waals surface area contributed by atoms with Crippen molar-refractivity contribution < 1.29 is 23.2 Å². The molecule has 0 radical (unpaired) electrons. The molecule has 1 aliphatic rings. The molecule has 0 spiro atoms. The number of hydrogen-bond acceptors (Lipinski definition) is 4.